The van der Waals surface area contributed by atoms with E-state index in [1.807, 2.05) is 0 Å². The molecule has 0 aromatic rings. The first-order valence-corrected chi connectivity index (χ1v) is 47.5. The third kappa shape index (κ3) is 78.5. The molecule has 3 N–H and O–H groups in total. The molecule has 6 atom stereocenters. The SMILES string of the molecule is CCCCCCCCCCCCCCCCCCCCCCCCC(=O)O[C@H](COC(=O)CCCCCCCCCCCCCCCCC(C)CC)COP(=O)(O)OC[C@@H](O)COP(=O)(O)OC[C@@H](COC(=O)CCCCCCCCCCC)OC(=O)CCCCCCCCCCCCCCCC(C)C. The van der Waals surface area contributed by atoms with Gasteiger partial charge in [0.2, 0.25) is 0 Å². The van der Waals surface area contributed by atoms with Crippen LogP contribution in [-0.4, -0.2) is 96.7 Å². The number of aliphatic hydroxyl groups is 1. The number of carbonyl (C=O) groups is 4. The minimum Gasteiger partial charge on any atom is -0.462 e. The van der Waals surface area contributed by atoms with Crippen molar-refractivity contribution in [1.82, 2.24) is 0 Å². The minimum atomic E-state index is -4.97. The first-order valence-electron chi connectivity index (χ1n) is 44.5. The number of phosphoric ester groups is 2. The zero-order valence-corrected chi connectivity index (χ0v) is 70.8. The second-order valence-electron chi connectivity index (χ2n) is 31.6. The van der Waals surface area contributed by atoms with Crippen molar-refractivity contribution in [2.45, 2.75) is 477 Å². The molecule has 0 radical (unpaired) electrons. The fourth-order valence-corrected chi connectivity index (χ4v) is 15.0. The van der Waals surface area contributed by atoms with Crippen LogP contribution in [0.5, 0.6) is 0 Å². The zero-order chi connectivity index (χ0) is 77.1. The van der Waals surface area contributed by atoms with Crippen LogP contribution in [0.3, 0.4) is 0 Å². The Labute approximate surface area is 645 Å². The summed E-state index contributed by atoms with van der Waals surface area (Å²) in [6.45, 7) is 9.72. The van der Waals surface area contributed by atoms with E-state index in [0.29, 0.717) is 25.7 Å². The van der Waals surface area contributed by atoms with Crippen LogP contribution in [0.2, 0.25) is 0 Å². The Morgan fingerprint density at radius 3 is 0.724 bits per heavy atom. The van der Waals surface area contributed by atoms with Gasteiger partial charge in [-0.3, -0.25) is 37.3 Å². The van der Waals surface area contributed by atoms with Gasteiger partial charge < -0.3 is 33.8 Å². The molecule has 0 aromatic heterocycles. The van der Waals surface area contributed by atoms with Crippen molar-refractivity contribution in [3.63, 3.8) is 0 Å². The standard InChI is InChI=1S/C86H168O17P2/c1-7-10-12-14-16-18-19-20-21-22-23-24-25-26-27-28-35-40-46-52-58-64-70-85(90)103-82(75-97-84(89)69-63-57-51-45-39-34-30-29-33-38-44-49-55-61-67-79(6)9-3)77-101-105(94,95)99-73-80(87)72-98-104(92,93)100-76-81(74-96-83(88)68-62-56-50-42-17-15-13-11-8-2)102-86(91)71-65-59-53-47-41-36-31-32-37-43-48-54-60-66-78(4)5/h78-82,87H,7-77H2,1-6H3,(H,92,93)(H,94,95)/t79?,80-,81+,82+/m0/s1. The van der Waals surface area contributed by atoms with Gasteiger partial charge in [-0.05, 0) is 37.5 Å². The number of esters is 4. The van der Waals surface area contributed by atoms with Crippen LogP contribution in [0.15, 0.2) is 0 Å². The molecule has 0 saturated heterocycles. The molecule has 0 spiro atoms. The molecule has 0 fully saturated rings. The molecule has 0 bridgehead atoms. The van der Waals surface area contributed by atoms with Gasteiger partial charge in [0.1, 0.15) is 19.3 Å². The Balaban J connectivity index is 5.20. The topological polar surface area (TPSA) is 237 Å². The molecule has 19 heteroatoms. The van der Waals surface area contributed by atoms with Crippen LogP contribution in [0.4, 0.5) is 0 Å². The second-order valence-corrected chi connectivity index (χ2v) is 34.6. The first kappa shape index (κ1) is 103. The monoisotopic (exact) mass is 1540 g/mol. The van der Waals surface area contributed by atoms with E-state index in [1.54, 1.807) is 0 Å². The fraction of sp³-hybridized carbons (Fsp3) is 0.953. The third-order valence-corrected chi connectivity index (χ3v) is 22.5. The minimum absolute atomic E-state index is 0.107. The van der Waals surface area contributed by atoms with Crippen molar-refractivity contribution < 1.29 is 80.2 Å². The van der Waals surface area contributed by atoms with Gasteiger partial charge in [-0.15, -0.1) is 0 Å². The summed E-state index contributed by atoms with van der Waals surface area (Å²) in [4.78, 5) is 73.2. The van der Waals surface area contributed by atoms with E-state index < -0.39 is 97.5 Å². The van der Waals surface area contributed by atoms with Gasteiger partial charge in [-0.2, -0.15) is 0 Å². The quantitative estimate of drug-likeness (QED) is 0.0222. The van der Waals surface area contributed by atoms with E-state index in [2.05, 4.69) is 41.5 Å². The predicted octanol–water partition coefficient (Wildman–Crippen LogP) is 26.2. The maximum atomic E-state index is 13.1. The highest BCUT2D eigenvalue weighted by molar-refractivity contribution is 7.47. The summed E-state index contributed by atoms with van der Waals surface area (Å²) in [5, 5.41) is 10.7. The molecule has 105 heavy (non-hydrogen) atoms. The molecule has 0 amide bonds. The number of ether oxygens (including phenoxy) is 4. The Kier molecular flexibility index (Phi) is 76.0. The van der Waals surface area contributed by atoms with Gasteiger partial charge in [-0.25, -0.2) is 9.13 Å². The average molecular weight is 1540 g/mol. The Bertz CT molecular complexity index is 2010. The highest BCUT2D eigenvalue weighted by Crippen LogP contribution is 2.45. The number of hydrogen-bond acceptors (Lipinski definition) is 15. The number of rotatable bonds is 85. The molecule has 0 aromatic carbocycles. The summed E-state index contributed by atoms with van der Waals surface area (Å²) >= 11 is 0. The van der Waals surface area contributed by atoms with Crippen molar-refractivity contribution >= 4 is 39.5 Å². The van der Waals surface area contributed by atoms with Gasteiger partial charge in [0.05, 0.1) is 26.4 Å². The van der Waals surface area contributed by atoms with Crippen molar-refractivity contribution in [1.29, 1.82) is 0 Å². The van der Waals surface area contributed by atoms with E-state index in [4.69, 9.17) is 37.0 Å². The molecule has 0 aliphatic rings. The van der Waals surface area contributed by atoms with Crippen LogP contribution in [-0.2, 0) is 65.4 Å². The molecule has 17 nitrogen and oxygen atoms in total. The van der Waals surface area contributed by atoms with Crippen LogP contribution in [0.1, 0.15) is 459 Å². The fourth-order valence-electron chi connectivity index (χ4n) is 13.4. The predicted molar refractivity (Wildman–Crippen MR) is 432 cm³/mol. The summed E-state index contributed by atoms with van der Waals surface area (Å²) in [7, 11) is -9.92. The summed E-state index contributed by atoms with van der Waals surface area (Å²) in [6, 6.07) is 0. The van der Waals surface area contributed by atoms with Crippen LogP contribution in [0, 0.1) is 11.8 Å². The molecule has 0 aliphatic carbocycles. The van der Waals surface area contributed by atoms with Gasteiger partial charge in [0.15, 0.2) is 12.2 Å². The van der Waals surface area contributed by atoms with E-state index >= 15 is 0 Å². The molecule has 0 rings (SSSR count). The zero-order valence-electron chi connectivity index (χ0n) is 69.0. The van der Waals surface area contributed by atoms with Crippen LogP contribution < -0.4 is 0 Å². The smallest absolute Gasteiger partial charge is 0.462 e. The number of carbonyl (C=O) groups excluding carboxylic acids is 4. The van der Waals surface area contributed by atoms with Crippen molar-refractivity contribution in [2.75, 3.05) is 39.6 Å². The summed E-state index contributed by atoms with van der Waals surface area (Å²) < 4.78 is 68.8. The number of aliphatic hydroxyl groups excluding tert-OH is 1. The first-order chi connectivity index (χ1) is 50.9. The molecule has 624 valence electrons. The van der Waals surface area contributed by atoms with Crippen molar-refractivity contribution in [3.8, 4) is 0 Å². The Morgan fingerprint density at radius 1 is 0.276 bits per heavy atom. The molecule has 3 unspecified atom stereocenters. The number of phosphoric acid groups is 2. The van der Waals surface area contributed by atoms with Gasteiger partial charge >= 0.3 is 39.5 Å². The highest BCUT2D eigenvalue weighted by Gasteiger charge is 2.30. The maximum absolute atomic E-state index is 13.1. The lowest BCUT2D eigenvalue weighted by molar-refractivity contribution is -0.161. The molecule has 0 saturated carbocycles. The lowest BCUT2D eigenvalue weighted by Crippen LogP contribution is -2.30. The normalized spacial score (nSPS) is 14.1. The summed E-state index contributed by atoms with van der Waals surface area (Å²) in [5.41, 5.74) is 0. The van der Waals surface area contributed by atoms with E-state index in [9.17, 15) is 43.2 Å². The number of hydrogen-bond donors (Lipinski definition) is 3. The van der Waals surface area contributed by atoms with Crippen LogP contribution in [0.25, 0.3) is 0 Å². The maximum Gasteiger partial charge on any atom is 0.472 e. The lowest BCUT2D eigenvalue weighted by Gasteiger charge is -2.21. The van der Waals surface area contributed by atoms with Crippen molar-refractivity contribution in [3.05, 3.63) is 0 Å². The summed E-state index contributed by atoms with van der Waals surface area (Å²) in [6.07, 6.45) is 69.5. The van der Waals surface area contributed by atoms with Gasteiger partial charge in [0.25, 0.3) is 0 Å². The third-order valence-electron chi connectivity index (χ3n) is 20.6. The van der Waals surface area contributed by atoms with E-state index in [1.165, 1.54) is 276 Å². The van der Waals surface area contributed by atoms with E-state index in [0.717, 1.165) is 102 Å². The molecule has 0 aliphatic heterocycles. The Hall–Kier alpha value is -1.94. The summed E-state index contributed by atoms with van der Waals surface area (Å²) in [5.74, 6) is -0.467. The Morgan fingerprint density at radius 2 is 0.486 bits per heavy atom. The van der Waals surface area contributed by atoms with Crippen LogP contribution >= 0.6 is 15.6 Å². The molecular weight excluding hydrogens is 1370 g/mol. The second kappa shape index (κ2) is 77.4. The van der Waals surface area contributed by atoms with Crippen molar-refractivity contribution in [2.24, 2.45) is 11.8 Å². The largest absolute Gasteiger partial charge is 0.472 e. The van der Waals surface area contributed by atoms with Gasteiger partial charge in [-0.1, -0.05) is 408 Å². The lowest BCUT2D eigenvalue weighted by atomic mass is 9.99. The highest BCUT2D eigenvalue weighted by atomic mass is 31.2. The number of unbranched alkanes of at least 4 members (excludes halogenated alkanes) is 54. The molecular formula is C86H168O17P2. The van der Waals surface area contributed by atoms with Gasteiger partial charge in [0, 0.05) is 25.7 Å². The molecule has 0 heterocycles. The average Bonchev–Trinajstić information content (AvgIpc) is 0.909. The van der Waals surface area contributed by atoms with E-state index in [-0.39, 0.29) is 25.7 Å².